The molecule has 0 aromatic rings. The Balaban J connectivity index is 2.58. The summed E-state index contributed by atoms with van der Waals surface area (Å²) in [5, 5.41) is 0. The van der Waals surface area contributed by atoms with Crippen LogP contribution in [-0.4, -0.2) is 11.7 Å². The lowest BCUT2D eigenvalue weighted by atomic mass is 9.73. The Morgan fingerprint density at radius 3 is 2.42 bits per heavy atom. The molecule has 0 bridgehead atoms. The van der Waals surface area contributed by atoms with Gasteiger partial charge in [-0.3, -0.25) is 0 Å². The van der Waals surface area contributed by atoms with E-state index >= 15 is 0 Å². The van der Waals surface area contributed by atoms with Gasteiger partial charge in [-0.15, -0.1) is 0 Å². The third-order valence-corrected chi connectivity index (χ3v) is 2.92. The number of halogens is 1. The van der Waals surface area contributed by atoms with Crippen molar-refractivity contribution in [1.82, 2.24) is 0 Å². The molecule has 0 aliphatic heterocycles. The fourth-order valence-electron chi connectivity index (χ4n) is 2.24. The van der Waals surface area contributed by atoms with Crippen LogP contribution in [0.1, 0.15) is 40.0 Å². The van der Waals surface area contributed by atoms with E-state index in [4.69, 9.17) is 5.73 Å². The zero-order chi connectivity index (χ0) is 9.35. The summed E-state index contributed by atoms with van der Waals surface area (Å²) in [7, 11) is 0. The highest BCUT2D eigenvalue weighted by Crippen LogP contribution is 2.37. The molecule has 0 spiro atoms. The van der Waals surface area contributed by atoms with E-state index in [1.807, 2.05) is 0 Å². The van der Waals surface area contributed by atoms with E-state index in [2.05, 4.69) is 13.8 Å². The van der Waals surface area contributed by atoms with Crippen molar-refractivity contribution in [3.05, 3.63) is 0 Å². The molecule has 0 saturated heterocycles. The maximum absolute atomic E-state index is 13.7. The molecule has 1 rings (SSSR count). The summed E-state index contributed by atoms with van der Waals surface area (Å²) in [5.74, 6) is 1.04. The molecule has 0 aromatic heterocycles. The molecule has 1 nitrogen and oxygen atoms in total. The van der Waals surface area contributed by atoms with Crippen LogP contribution >= 0.6 is 0 Å². The Morgan fingerprint density at radius 1 is 1.42 bits per heavy atom. The van der Waals surface area contributed by atoms with Gasteiger partial charge in [0.15, 0.2) is 0 Å². The molecule has 3 atom stereocenters. The molecule has 2 heteroatoms. The second kappa shape index (κ2) is 3.33. The lowest BCUT2D eigenvalue weighted by Gasteiger charge is -2.37. The number of rotatable bonds is 1. The molecule has 0 radical (unpaired) electrons. The molecule has 1 aliphatic carbocycles. The largest absolute Gasteiger partial charge is 0.328 e. The topological polar surface area (TPSA) is 26.0 Å². The van der Waals surface area contributed by atoms with Crippen LogP contribution < -0.4 is 5.73 Å². The minimum absolute atomic E-state index is 0.0705. The van der Waals surface area contributed by atoms with Gasteiger partial charge in [0.1, 0.15) is 5.67 Å². The number of nitrogens with two attached hydrogens (primary N) is 1. The van der Waals surface area contributed by atoms with Gasteiger partial charge in [-0.1, -0.05) is 13.8 Å². The van der Waals surface area contributed by atoms with Crippen molar-refractivity contribution in [2.75, 3.05) is 0 Å². The SMILES string of the molecule is CC(C)C1C[C@H](N)CC(C)(F)C1. The maximum atomic E-state index is 13.7. The highest BCUT2D eigenvalue weighted by molar-refractivity contribution is 4.90. The second-order valence-electron chi connectivity index (χ2n) is 4.82. The van der Waals surface area contributed by atoms with Crippen molar-refractivity contribution in [3.63, 3.8) is 0 Å². The summed E-state index contributed by atoms with van der Waals surface area (Å²) in [4.78, 5) is 0. The van der Waals surface area contributed by atoms with Crippen molar-refractivity contribution >= 4 is 0 Å². The molecule has 0 amide bonds. The standard InChI is InChI=1S/C10H20FN/c1-7(2)8-4-9(12)6-10(3,11)5-8/h7-9H,4-6,12H2,1-3H3/t8?,9-,10?/m0/s1. The van der Waals surface area contributed by atoms with Crippen molar-refractivity contribution in [3.8, 4) is 0 Å². The Labute approximate surface area is 74.5 Å². The second-order valence-corrected chi connectivity index (χ2v) is 4.82. The summed E-state index contributed by atoms with van der Waals surface area (Å²) < 4.78 is 13.7. The van der Waals surface area contributed by atoms with E-state index in [1.165, 1.54) is 0 Å². The first-order valence-electron chi connectivity index (χ1n) is 4.85. The van der Waals surface area contributed by atoms with Gasteiger partial charge in [0.25, 0.3) is 0 Å². The first kappa shape index (κ1) is 9.97. The quantitative estimate of drug-likeness (QED) is 0.647. The van der Waals surface area contributed by atoms with Crippen LogP contribution in [0.2, 0.25) is 0 Å². The van der Waals surface area contributed by atoms with E-state index in [0.29, 0.717) is 24.7 Å². The smallest absolute Gasteiger partial charge is 0.110 e. The highest BCUT2D eigenvalue weighted by Gasteiger charge is 2.36. The Bertz CT molecular complexity index is 154. The van der Waals surface area contributed by atoms with Gasteiger partial charge in [0.05, 0.1) is 0 Å². The van der Waals surface area contributed by atoms with E-state index < -0.39 is 5.67 Å². The molecule has 1 fully saturated rings. The lowest BCUT2D eigenvalue weighted by Crippen LogP contribution is -2.41. The summed E-state index contributed by atoms with van der Waals surface area (Å²) in [5.41, 5.74) is 4.78. The first-order chi connectivity index (χ1) is 5.41. The molecule has 2 unspecified atom stereocenters. The van der Waals surface area contributed by atoms with Crippen LogP contribution in [0.4, 0.5) is 4.39 Å². The summed E-state index contributed by atoms with van der Waals surface area (Å²) in [6.45, 7) is 5.99. The third-order valence-electron chi connectivity index (χ3n) is 2.92. The summed E-state index contributed by atoms with van der Waals surface area (Å²) in [6.07, 6.45) is 2.23. The van der Waals surface area contributed by atoms with E-state index in [-0.39, 0.29) is 6.04 Å². The highest BCUT2D eigenvalue weighted by atomic mass is 19.1. The van der Waals surface area contributed by atoms with Gasteiger partial charge in [-0.25, -0.2) is 4.39 Å². The Kier molecular flexibility index (Phi) is 2.77. The van der Waals surface area contributed by atoms with Crippen LogP contribution in [0.5, 0.6) is 0 Å². The van der Waals surface area contributed by atoms with Crippen molar-refractivity contribution in [1.29, 1.82) is 0 Å². The molecule has 1 saturated carbocycles. The van der Waals surface area contributed by atoms with Crippen LogP contribution in [0.25, 0.3) is 0 Å². The fourth-order valence-corrected chi connectivity index (χ4v) is 2.24. The zero-order valence-electron chi connectivity index (χ0n) is 8.31. The molecule has 2 N–H and O–H groups in total. The Hall–Kier alpha value is -0.110. The monoisotopic (exact) mass is 173 g/mol. The normalized spacial score (nSPS) is 43.5. The molecule has 12 heavy (non-hydrogen) atoms. The lowest BCUT2D eigenvalue weighted by molar-refractivity contribution is 0.0652. The average molecular weight is 173 g/mol. The maximum Gasteiger partial charge on any atom is 0.110 e. The third kappa shape index (κ3) is 2.44. The van der Waals surface area contributed by atoms with Gasteiger partial charge >= 0.3 is 0 Å². The molecule has 0 aromatic carbocycles. The van der Waals surface area contributed by atoms with Crippen LogP contribution in [0.3, 0.4) is 0 Å². The fraction of sp³-hybridized carbons (Fsp3) is 1.00. The minimum atomic E-state index is -1.02. The minimum Gasteiger partial charge on any atom is -0.328 e. The van der Waals surface area contributed by atoms with Crippen LogP contribution in [-0.2, 0) is 0 Å². The van der Waals surface area contributed by atoms with E-state index in [9.17, 15) is 4.39 Å². The van der Waals surface area contributed by atoms with Crippen LogP contribution in [0.15, 0.2) is 0 Å². The van der Waals surface area contributed by atoms with E-state index in [0.717, 1.165) is 6.42 Å². The van der Waals surface area contributed by atoms with Gasteiger partial charge < -0.3 is 5.73 Å². The van der Waals surface area contributed by atoms with E-state index in [1.54, 1.807) is 6.92 Å². The average Bonchev–Trinajstić information content (AvgIpc) is 1.82. The summed E-state index contributed by atoms with van der Waals surface area (Å²) >= 11 is 0. The van der Waals surface area contributed by atoms with Crippen molar-refractivity contribution < 1.29 is 4.39 Å². The molecule has 1 aliphatic rings. The number of hydrogen-bond acceptors (Lipinski definition) is 1. The van der Waals surface area contributed by atoms with Gasteiger partial charge in [0.2, 0.25) is 0 Å². The summed E-state index contributed by atoms with van der Waals surface area (Å²) in [6, 6.07) is 0.0705. The molecular weight excluding hydrogens is 153 g/mol. The van der Waals surface area contributed by atoms with Gasteiger partial charge in [-0.2, -0.15) is 0 Å². The predicted octanol–water partition coefficient (Wildman–Crippen LogP) is 2.50. The van der Waals surface area contributed by atoms with Gasteiger partial charge in [0, 0.05) is 6.04 Å². The van der Waals surface area contributed by atoms with Gasteiger partial charge in [-0.05, 0) is 38.0 Å². The van der Waals surface area contributed by atoms with Crippen molar-refractivity contribution in [2.45, 2.75) is 51.7 Å². The molecule has 0 heterocycles. The first-order valence-corrected chi connectivity index (χ1v) is 4.85. The number of alkyl halides is 1. The predicted molar refractivity (Wildman–Crippen MR) is 49.7 cm³/mol. The van der Waals surface area contributed by atoms with Crippen LogP contribution in [0, 0.1) is 11.8 Å². The van der Waals surface area contributed by atoms with Crippen molar-refractivity contribution in [2.24, 2.45) is 17.6 Å². The number of hydrogen-bond donors (Lipinski definition) is 1. The molecular formula is C10H20FN. The zero-order valence-corrected chi connectivity index (χ0v) is 8.31. The molecule has 72 valence electrons. The Morgan fingerprint density at radius 2 is 2.00 bits per heavy atom.